The smallest absolute Gasteiger partial charge is 0.261 e. The maximum atomic E-state index is 12.5. The Bertz CT molecular complexity index is 1240. The van der Waals surface area contributed by atoms with Crippen molar-refractivity contribution in [2.75, 3.05) is 12.3 Å². The average molecular weight is 430 g/mol. The second-order valence-corrected chi connectivity index (χ2v) is 8.29. The lowest BCUT2D eigenvalue weighted by Gasteiger charge is -2.13. The zero-order chi connectivity index (χ0) is 21.2. The van der Waals surface area contributed by atoms with Crippen LogP contribution in [-0.4, -0.2) is 39.0 Å². The van der Waals surface area contributed by atoms with Gasteiger partial charge in [0, 0.05) is 11.9 Å². The van der Waals surface area contributed by atoms with E-state index < -0.39 is 0 Å². The van der Waals surface area contributed by atoms with Crippen molar-refractivity contribution < 1.29 is 14.0 Å². The second kappa shape index (κ2) is 8.35. The minimum atomic E-state index is -0.196. The number of hydrogen-bond acceptors (Lipinski definition) is 6. The Morgan fingerprint density at radius 1 is 0.839 bits per heavy atom. The number of para-hydroxylation sites is 1. The van der Waals surface area contributed by atoms with Crippen LogP contribution in [0.25, 0.3) is 22.5 Å². The molecule has 5 rings (SSSR count). The predicted molar refractivity (Wildman–Crippen MR) is 119 cm³/mol. The van der Waals surface area contributed by atoms with Gasteiger partial charge in [-0.25, -0.2) is 9.97 Å². The largest absolute Gasteiger partial charge is 0.461 e. The van der Waals surface area contributed by atoms with E-state index in [1.165, 1.54) is 4.90 Å². The number of carbonyl (C=O) groups excluding carboxylic acids is 2. The molecule has 0 fully saturated rings. The normalized spacial score (nSPS) is 13.2. The standard InChI is InChI=1S/C24H19N3O3S/c28-23-16-8-1-2-9-17(16)24(29)27(23)13-5-6-15-31-22-18-10-3-4-11-19(18)25-21(26-22)20-12-7-14-30-20/h1-4,7-12,14H,5-6,13,15H2. The quantitative estimate of drug-likeness (QED) is 0.177. The van der Waals surface area contributed by atoms with Gasteiger partial charge < -0.3 is 4.42 Å². The molecule has 0 spiro atoms. The molecule has 31 heavy (non-hydrogen) atoms. The van der Waals surface area contributed by atoms with Crippen LogP contribution in [0.15, 0.2) is 76.4 Å². The number of imide groups is 1. The fourth-order valence-corrected chi connectivity index (χ4v) is 4.68. The third-order valence-electron chi connectivity index (χ3n) is 5.20. The van der Waals surface area contributed by atoms with Gasteiger partial charge in [0.1, 0.15) is 5.03 Å². The van der Waals surface area contributed by atoms with Crippen molar-refractivity contribution in [3.63, 3.8) is 0 Å². The molecule has 0 bridgehead atoms. The number of fused-ring (bicyclic) bond motifs is 2. The summed E-state index contributed by atoms with van der Waals surface area (Å²) in [5.74, 6) is 1.63. The molecule has 0 unspecified atom stereocenters. The summed E-state index contributed by atoms with van der Waals surface area (Å²) >= 11 is 1.65. The van der Waals surface area contributed by atoms with Gasteiger partial charge in [0.15, 0.2) is 11.6 Å². The van der Waals surface area contributed by atoms with Crippen LogP contribution in [0.5, 0.6) is 0 Å². The monoisotopic (exact) mass is 429 g/mol. The maximum Gasteiger partial charge on any atom is 0.261 e. The number of nitrogens with zero attached hydrogens (tertiary/aromatic N) is 3. The number of unbranched alkanes of at least 4 members (excludes halogenated alkanes) is 1. The number of amides is 2. The van der Waals surface area contributed by atoms with Crippen LogP contribution in [0.2, 0.25) is 0 Å². The summed E-state index contributed by atoms with van der Waals surface area (Å²) in [6.45, 7) is 0.426. The Morgan fingerprint density at radius 3 is 2.32 bits per heavy atom. The summed E-state index contributed by atoms with van der Waals surface area (Å²) in [4.78, 5) is 35.6. The van der Waals surface area contributed by atoms with E-state index in [0.29, 0.717) is 29.3 Å². The molecule has 2 aromatic heterocycles. The van der Waals surface area contributed by atoms with Gasteiger partial charge in [-0.15, -0.1) is 11.8 Å². The van der Waals surface area contributed by atoms with Crippen LogP contribution in [0.3, 0.4) is 0 Å². The number of furan rings is 1. The molecule has 2 aromatic carbocycles. The summed E-state index contributed by atoms with van der Waals surface area (Å²) in [5.41, 5.74) is 1.87. The molecule has 1 aliphatic heterocycles. The van der Waals surface area contributed by atoms with E-state index in [1.54, 1.807) is 42.3 Å². The minimum absolute atomic E-state index is 0.196. The van der Waals surface area contributed by atoms with Crippen molar-refractivity contribution in [3.8, 4) is 11.6 Å². The molecule has 0 aliphatic carbocycles. The fourth-order valence-electron chi connectivity index (χ4n) is 3.66. The third-order valence-corrected chi connectivity index (χ3v) is 6.28. The van der Waals surface area contributed by atoms with Crippen molar-refractivity contribution in [1.29, 1.82) is 0 Å². The molecule has 3 heterocycles. The van der Waals surface area contributed by atoms with Crippen LogP contribution in [0.1, 0.15) is 33.6 Å². The first-order valence-corrected chi connectivity index (χ1v) is 11.1. The summed E-state index contributed by atoms with van der Waals surface area (Å²) < 4.78 is 5.47. The Labute approximate surface area is 183 Å². The van der Waals surface area contributed by atoms with Gasteiger partial charge in [0.25, 0.3) is 11.8 Å². The summed E-state index contributed by atoms with van der Waals surface area (Å²) in [7, 11) is 0. The number of thioether (sulfide) groups is 1. The molecule has 0 atom stereocenters. The van der Waals surface area contributed by atoms with Crippen molar-refractivity contribution in [2.45, 2.75) is 17.9 Å². The number of rotatable bonds is 7. The van der Waals surface area contributed by atoms with E-state index in [2.05, 4.69) is 4.98 Å². The molecular weight excluding hydrogens is 410 g/mol. The zero-order valence-electron chi connectivity index (χ0n) is 16.7. The highest BCUT2D eigenvalue weighted by atomic mass is 32.2. The van der Waals surface area contributed by atoms with Gasteiger partial charge in [-0.1, -0.05) is 30.3 Å². The summed E-state index contributed by atoms with van der Waals surface area (Å²) in [6, 6.07) is 18.6. The lowest BCUT2D eigenvalue weighted by atomic mass is 10.1. The molecule has 7 heteroatoms. The summed E-state index contributed by atoms with van der Waals surface area (Å²) in [6.07, 6.45) is 3.21. The van der Waals surface area contributed by atoms with Gasteiger partial charge in [0.05, 0.1) is 22.9 Å². The summed E-state index contributed by atoms with van der Waals surface area (Å²) in [5, 5.41) is 1.90. The van der Waals surface area contributed by atoms with Gasteiger partial charge in [-0.2, -0.15) is 0 Å². The highest BCUT2D eigenvalue weighted by Gasteiger charge is 2.34. The van der Waals surface area contributed by atoms with E-state index in [-0.39, 0.29) is 11.8 Å². The van der Waals surface area contributed by atoms with E-state index in [0.717, 1.165) is 34.5 Å². The minimum Gasteiger partial charge on any atom is -0.461 e. The Kier molecular flexibility index (Phi) is 5.26. The van der Waals surface area contributed by atoms with Gasteiger partial charge in [-0.05, 0) is 48.9 Å². The van der Waals surface area contributed by atoms with Crippen molar-refractivity contribution >= 4 is 34.5 Å². The predicted octanol–water partition coefficient (Wildman–Crippen LogP) is 5.06. The average Bonchev–Trinajstić information content (AvgIpc) is 3.42. The lowest BCUT2D eigenvalue weighted by molar-refractivity contribution is 0.0652. The van der Waals surface area contributed by atoms with Crippen molar-refractivity contribution in [2.24, 2.45) is 0 Å². The van der Waals surface area contributed by atoms with Gasteiger partial charge in [0.2, 0.25) is 0 Å². The molecule has 2 amide bonds. The SMILES string of the molecule is O=C1c2ccccc2C(=O)N1CCCCSc1nc(-c2ccco2)nc2ccccc12. The van der Waals surface area contributed by atoms with Crippen LogP contribution < -0.4 is 0 Å². The van der Waals surface area contributed by atoms with Crippen LogP contribution in [-0.2, 0) is 0 Å². The number of benzene rings is 2. The molecule has 4 aromatic rings. The van der Waals surface area contributed by atoms with E-state index >= 15 is 0 Å². The third kappa shape index (κ3) is 3.72. The van der Waals surface area contributed by atoms with Gasteiger partial charge in [-0.3, -0.25) is 14.5 Å². The molecule has 6 nitrogen and oxygen atoms in total. The molecule has 0 saturated heterocycles. The Hall–Kier alpha value is -3.45. The van der Waals surface area contributed by atoms with Crippen LogP contribution in [0, 0.1) is 0 Å². The molecular formula is C24H19N3O3S. The zero-order valence-corrected chi connectivity index (χ0v) is 17.5. The molecule has 0 radical (unpaired) electrons. The van der Waals surface area contributed by atoms with Gasteiger partial charge >= 0.3 is 0 Å². The highest BCUT2D eigenvalue weighted by Crippen LogP contribution is 2.29. The topological polar surface area (TPSA) is 76.3 Å². The highest BCUT2D eigenvalue weighted by molar-refractivity contribution is 7.99. The van der Waals surface area contributed by atoms with Crippen LogP contribution >= 0.6 is 11.8 Å². The first-order valence-electron chi connectivity index (χ1n) is 10.1. The van der Waals surface area contributed by atoms with E-state index in [4.69, 9.17) is 9.40 Å². The van der Waals surface area contributed by atoms with Crippen molar-refractivity contribution in [1.82, 2.24) is 14.9 Å². The van der Waals surface area contributed by atoms with Crippen molar-refractivity contribution in [3.05, 3.63) is 78.1 Å². The first-order chi connectivity index (χ1) is 15.2. The Morgan fingerprint density at radius 2 is 1.58 bits per heavy atom. The van der Waals surface area contributed by atoms with Crippen LogP contribution in [0.4, 0.5) is 0 Å². The second-order valence-electron chi connectivity index (χ2n) is 7.21. The lowest BCUT2D eigenvalue weighted by Crippen LogP contribution is -2.30. The molecule has 0 saturated carbocycles. The van der Waals surface area contributed by atoms with E-state index in [9.17, 15) is 9.59 Å². The fraction of sp³-hybridized carbons (Fsp3) is 0.167. The molecule has 154 valence electrons. The first kappa shape index (κ1) is 19.5. The number of hydrogen-bond donors (Lipinski definition) is 0. The number of carbonyl (C=O) groups is 2. The maximum absolute atomic E-state index is 12.5. The molecule has 0 N–H and O–H groups in total. The van der Waals surface area contributed by atoms with E-state index in [1.807, 2.05) is 36.4 Å². The number of aromatic nitrogens is 2. The molecule has 1 aliphatic rings. The Balaban J connectivity index is 1.23.